The van der Waals surface area contributed by atoms with Crippen molar-refractivity contribution in [3.63, 3.8) is 0 Å². The Morgan fingerprint density at radius 2 is 2.15 bits per heavy atom. The Kier molecular flexibility index (Phi) is 5.53. The van der Waals surface area contributed by atoms with Gasteiger partial charge in [-0.15, -0.1) is 11.3 Å². The van der Waals surface area contributed by atoms with Crippen LogP contribution in [-0.2, 0) is 11.3 Å². The van der Waals surface area contributed by atoms with Crippen molar-refractivity contribution in [1.29, 1.82) is 0 Å². The summed E-state index contributed by atoms with van der Waals surface area (Å²) >= 11 is 1.65. The summed E-state index contributed by atoms with van der Waals surface area (Å²) in [4.78, 5) is 16.7. The van der Waals surface area contributed by atoms with E-state index in [0.29, 0.717) is 6.54 Å². The molecule has 2 aromatic rings. The second-order valence-corrected chi connectivity index (χ2v) is 6.16. The second-order valence-electron chi connectivity index (χ2n) is 5.04. The zero-order valence-corrected chi connectivity index (χ0v) is 13.0. The average Bonchev–Trinajstić information content (AvgIpc) is 2.88. The van der Waals surface area contributed by atoms with Gasteiger partial charge in [-0.2, -0.15) is 0 Å². The third kappa shape index (κ3) is 3.79. The van der Waals surface area contributed by atoms with Crippen LogP contribution in [0.25, 0.3) is 10.2 Å². The van der Waals surface area contributed by atoms with Gasteiger partial charge in [-0.1, -0.05) is 38.8 Å². The van der Waals surface area contributed by atoms with Gasteiger partial charge in [-0.3, -0.25) is 4.79 Å². The normalized spacial score (nSPS) is 12.5. The van der Waals surface area contributed by atoms with Gasteiger partial charge in [0.05, 0.1) is 16.8 Å². The van der Waals surface area contributed by atoms with Crippen molar-refractivity contribution in [2.75, 3.05) is 0 Å². The molecule has 3 nitrogen and oxygen atoms in total. The molecule has 1 aromatic carbocycles. The van der Waals surface area contributed by atoms with Crippen molar-refractivity contribution >= 4 is 27.5 Å². The number of unbranched alkanes of at least 4 members (excludes halogenated alkanes) is 1. The minimum absolute atomic E-state index is 0.143. The first-order valence-electron chi connectivity index (χ1n) is 7.36. The van der Waals surface area contributed by atoms with Crippen molar-refractivity contribution < 1.29 is 4.79 Å². The smallest absolute Gasteiger partial charge is 0.223 e. The van der Waals surface area contributed by atoms with Crippen molar-refractivity contribution in [3.8, 4) is 0 Å². The van der Waals surface area contributed by atoms with Crippen LogP contribution >= 0.6 is 11.3 Å². The first-order chi connectivity index (χ1) is 9.74. The summed E-state index contributed by atoms with van der Waals surface area (Å²) < 4.78 is 1.18. The highest BCUT2D eigenvalue weighted by atomic mass is 32.1. The molecule has 0 aliphatic carbocycles. The topological polar surface area (TPSA) is 42.0 Å². The van der Waals surface area contributed by atoms with Crippen LogP contribution in [0.15, 0.2) is 24.3 Å². The molecular formula is C16H22N2OS. The molecule has 20 heavy (non-hydrogen) atoms. The number of aromatic nitrogens is 1. The molecule has 1 N–H and O–H groups in total. The standard InChI is InChI=1S/C16H22N2OS/c1-3-5-8-12(4-2)16(19)17-11-15-18-13-9-6-7-10-14(13)20-15/h6-7,9-10,12H,3-5,8,11H2,1-2H3,(H,17,19). The third-order valence-electron chi connectivity index (χ3n) is 3.52. The lowest BCUT2D eigenvalue weighted by Gasteiger charge is -2.13. The summed E-state index contributed by atoms with van der Waals surface area (Å²) in [7, 11) is 0. The van der Waals surface area contributed by atoms with Crippen LogP contribution in [0, 0.1) is 5.92 Å². The number of rotatable bonds is 7. The number of carbonyl (C=O) groups is 1. The zero-order valence-electron chi connectivity index (χ0n) is 12.2. The van der Waals surface area contributed by atoms with Crippen molar-refractivity contribution in [2.45, 2.75) is 46.1 Å². The molecule has 1 amide bonds. The van der Waals surface area contributed by atoms with Crippen LogP contribution < -0.4 is 5.32 Å². The van der Waals surface area contributed by atoms with Crippen LogP contribution in [0.3, 0.4) is 0 Å². The van der Waals surface area contributed by atoms with E-state index in [2.05, 4.69) is 30.2 Å². The largest absolute Gasteiger partial charge is 0.349 e. The van der Waals surface area contributed by atoms with Gasteiger partial charge >= 0.3 is 0 Å². The summed E-state index contributed by atoms with van der Waals surface area (Å²) in [6, 6.07) is 8.07. The Morgan fingerprint density at radius 1 is 1.35 bits per heavy atom. The summed E-state index contributed by atoms with van der Waals surface area (Å²) in [5, 5.41) is 4.01. The first kappa shape index (κ1) is 15.0. The number of nitrogens with one attached hydrogen (secondary N) is 1. The third-order valence-corrected chi connectivity index (χ3v) is 4.56. The number of para-hydroxylation sites is 1. The van der Waals surface area contributed by atoms with E-state index in [4.69, 9.17) is 0 Å². The molecule has 0 aliphatic heterocycles. The molecule has 4 heteroatoms. The molecule has 0 fully saturated rings. The average molecular weight is 290 g/mol. The minimum Gasteiger partial charge on any atom is -0.349 e. The molecule has 108 valence electrons. The number of benzene rings is 1. The molecule has 1 atom stereocenters. The first-order valence-corrected chi connectivity index (χ1v) is 8.18. The number of thiazole rings is 1. The van der Waals surface area contributed by atoms with Crippen LogP contribution in [0.4, 0.5) is 0 Å². The fraction of sp³-hybridized carbons (Fsp3) is 0.500. The van der Waals surface area contributed by atoms with E-state index in [1.54, 1.807) is 11.3 Å². The zero-order chi connectivity index (χ0) is 14.4. The summed E-state index contributed by atoms with van der Waals surface area (Å²) in [6.07, 6.45) is 4.15. The van der Waals surface area contributed by atoms with Gasteiger partial charge in [0.25, 0.3) is 0 Å². The molecule has 1 heterocycles. The van der Waals surface area contributed by atoms with Crippen LogP contribution in [0.5, 0.6) is 0 Å². The van der Waals surface area contributed by atoms with Crippen molar-refractivity contribution in [3.05, 3.63) is 29.3 Å². The van der Waals surface area contributed by atoms with Gasteiger partial charge in [-0.25, -0.2) is 4.98 Å². The molecule has 0 spiro atoms. The summed E-state index contributed by atoms with van der Waals surface area (Å²) in [6.45, 7) is 4.78. The number of amides is 1. The van der Waals surface area contributed by atoms with Gasteiger partial charge in [0.1, 0.15) is 5.01 Å². The van der Waals surface area contributed by atoms with E-state index < -0.39 is 0 Å². The molecule has 1 aromatic heterocycles. The molecule has 0 bridgehead atoms. The SMILES string of the molecule is CCCCC(CC)C(=O)NCc1nc2ccccc2s1. The minimum atomic E-state index is 0.143. The number of fused-ring (bicyclic) bond motifs is 1. The maximum atomic E-state index is 12.1. The predicted molar refractivity (Wildman–Crippen MR) is 84.8 cm³/mol. The molecule has 0 radical (unpaired) electrons. The Bertz CT molecular complexity index is 531. The van der Waals surface area contributed by atoms with Crippen molar-refractivity contribution in [1.82, 2.24) is 10.3 Å². The lowest BCUT2D eigenvalue weighted by molar-refractivity contribution is -0.125. The Hall–Kier alpha value is -1.42. The van der Waals surface area contributed by atoms with Gasteiger partial charge < -0.3 is 5.32 Å². The Morgan fingerprint density at radius 3 is 2.85 bits per heavy atom. The number of hydrogen-bond acceptors (Lipinski definition) is 3. The summed E-state index contributed by atoms with van der Waals surface area (Å²) in [5.74, 6) is 0.310. The lowest BCUT2D eigenvalue weighted by atomic mass is 9.98. The maximum absolute atomic E-state index is 12.1. The summed E-state index contributed by atoms with van der Waals surface area (Å²) in [5.41, 5.74) is 1.01. The van der Waals surface area contributed by atoms with E-state index in [9.17, 15) is 4.79 Å². The molecule has 0 saturated heterocycles. The van der Waals surface area contributed by atoms with Crippen LogP contribution in [0.1, 0.15) is 44.5 Å². The van der Waals surface area contributed by atoms with E-state index >= 15 is 0 Å². The Balaban J connectivity index is 1.91. The van der Waals surface area contributed by atoms with E-state index in [0.717, 1.165) is 36.2 Å². The quantitative estimate of drug-likeness (QED) is 0.833. The highest BCUT2D eigenvalue weighted by molar-refractivity contribution is 7.18. The second kappa shape index (κ2) is 7.39. The lowest BCUT2D eigenvalue weighted by Crippen LogP contribution is -2.29. The van der Waals surface area contributed by atoms with E-state index in [1.165, 1.54) is 4.70 Å². The predicted octanol–water partition coefficient (Wildman–Crippen LogP) is 4.13. The van der Waals surface area contributed by atoms with Gasteiger partial charge in [0.15, 0.2) is 0 Å². The maximum Gasteiger partial charge on any atom is 0.223 e. The van der Waals surface area contributed by atoms with Gasteiger partial charge in [0, 0.05) is 5.92 Å². The molecule has 1 unspecified atom stereocenters. The molecule has 0 aliphatic rings. The molecule has 0 saturated carbocycles. The fourth-order valence-corrected chi connectivity index (χ4v) is 3.18. The van der Waals surface area contributed by atoms with Gasteiger partial charge in [-0.05, 0) is 25.0 Å². The number of carbonyl (C=O) groups excluding carboxylic acids is 1. The number of hydrogen-bond donors (Lipinski definition) is 1. The monoisotopic (exact) mass is 290 g/mol. The molecular weight excluding hydrogens is 268 g/mol. The molecule has 2 rings (SSSR count). The fourth-order valence-electron chi connectivity index (χ4n) is 2.27. The van der Waals surface area contributed by atoms with Crippen molar-refractivity contribution in [2.24, 2.45) is 5.92 Å². The highest BCUT2D eigenvalue weighted by Gasteiger charge is 2.15. The van der Waals surface area contributed by atoms with E-state index in [1.807, 2.05) is 18.2 Å². The number of nitrogens with zero attached hydrogens (tertiary/aromatic N) is 1. The van der Waals surface area contributed by atoms with Crippen LogP contribution in [-0.4, -0.2) is 10.9 Å². The highest BCUT2D eigenvalue weighted by Crippen LogP contribution is 2.21. The Labute approximate surface area is 124 Å². The van der Waals surface area contributed by atoms with E-state index in [-0.39, 0.29) is 11.8 Å². The van der Waals surface area contributed by atoms with Gasteiger partial charge in [0.2, 0.25) is 5.91 Å². The van der Waals surface area contributed by atoms with Crippen LogP contribution in [0.2, 0.25) is 0 Å².